The molecule has 1 unspecified atom stereocenters. The molecule has 8 nitrogen and oxygen atoms in total. The van der Waals surface area contributed by atoms with Gasteiger partial charge in [0.1, 0.15) is 12.1 Å². The van der Waals surface area contributed by atoms with Crippen molar-refractivity contribution in [2.45, 2.75) is 50.4 Å². The van der Waals surface area contributed by atoms with Crippen LogP contribution < -0.4 is 0 Å². The second-order valence-corrected chi connectivity index (χ2v) is 11.1. The molecule has 0 bridgehead atoms. The highest BCUT2D eigenvalue weighted by molar-refractivity contribution is 5.80. The van der Waals surface area contributed by atoms with Crippen LogP contribution in [0.25, 0.3) is 22.0 Å². The molecule has 11 heteroatoms. The van der Waals surface area contributed by atoms with Crippen LogP contribution in [0.15, 0.2) is 55.2 Å². The average molecular weight is 556 g/mol. The Bertz CT molecular complexity index is 1470. The van der Waals surface area contributed by atoms with Crippen molar-refractivity contribution in [2.24, 2.45) is 0 Å². The molecule has 4 heterocycles. The largest absolute Gasteiger partial charge is 0.508 e. The van der Waals surface area contributed by atoms with Gasteiger partial charge in [0, 0.05) is 60.7 Å². The van der Waals surface area contributed by atoms with Crippen molar-refractivity contribution in [3.63, 3.8) is 0 Å². The molecule has 3 aromatic heterocycles. The zero-order valence-corrected chi connectivity index (χ0v) is 22.4. The van der Waals surface area contributed by atoms with Crippen LogP contribution >= 0.6 is 0 Å². The number of benzene rings is 1. The van der Waals surface area contributed by atoms with Gasteiger partial charge >= 0.3 is 6.18 Å². The number of aromatic amines is 1. The Labute approximate surface area is 229 Å². The van der Waals surface area contributed by atoms with Crippen LogP contribution in [0.4, 0.5) is 13.2 Å². The van der Waals surface area contributed by atoms with Gasteiger partial charge in [-0.05, 0) is 41.7 Å². The molecule has 0 saturated carbocycles. The van der Waals surface area contributed by atoms with Gasteiger partial charge in [-0.15, -0.1) is 0 Å². The summed E-state index contributed by atoms with van der Waals surface area (Å²) in [4.78, 5) is 17.7. The first kappa shape index (κ1) is 28.0. The Morgan fingerprint density at radius 2 is 1.73 bits per heavy atom. The van der Waals surface area contributed by atoms with E-state index in [-0.39, 0.29) is 17.0 Å². The maximum absolute atomic E-state index is 14.5. The number of rotatable bonds is 8. The lowest BCUT2D eigenvalue weighted by Crippen LogP contribution is -2.50. The van der Waals surface area contributed by atoms with Gasteiger partial charge < -0.3 is 19.9 Å². The summed E-state index contributed by atoms with van der Waals surface area (Å²) >= 11 is 0. The van der Waals surface area contributed by atoms with E-state index in [1.165, 1.54) is 12.4 Å². The fourth-order valence-electron chi connectivity index (χ4n) is 5.42. The molecular weight excluding hydrogens is 523 g/mol. The third-order valence-corrected chi connectivity index (χ3v) is 7.47. The lowest BCUT2D eigenvalue weighted by molar-refractivity contribution is -0.266. The van der Waals surface area contributed by atoms with Crippen LogP contribution in [0.2, 0.25) is 0 Å². The molecule has 0 amide bonds. The lowest BCUT2D eigenvalue weighted by Gasteiger charge is -2.38. The van der Waals surface area contributed by atoms with Gasteiger partial charge in [-0.3, -0.25) is 9.88 Å². The number of nitrogens with one attached hydrogen (secondary N) is 1. The van der Waals surface area contributed by atoms with E-state index in [4.69, 9.17) is 4.74 Å². The van der Waals surface area contributed by atoms with Gasteiger partial charge in [-0.25, -0.2) is 9.97 Å². The van der Waals surface area contributed by atoms with Gasteiger partial charge in [0.2, 0.25) is 0 Å². The minimum absolute atomic E-state index is 0.153. The summed E-state index contributed by atoms with van der Waals surface area (Å²) in [6.07, 6.45) is -0.131. The number of nitrogens with zero attached hydrogens (tertiary/aromatic N) is 4. The molecule has 1 atom stereocenters. The summed E-state index contributed by atoms with van der Waals surface area (Å²) in [7, 11) is 0. The summed E-state index contributed by atoms with van der Waals surface area (Å²) in [5, 5.41) is 22.5. The molecule has 1 fully saturated rings. The quantitative estimate of drug-likeness (QED) is 0.288. The number of fused-ring (bicyclic) bond motifs is 1. The number of phenolic OH excluding ortho intramolecular Hbond substituents is 1. The second-order valence-electron chi connectivity index (χ2n) is 11.1. The number of morpholine rings is 1. The number of phenols is 1. The molecule has 0 aliphatic carbocycles. The molecule has 1 aliphatic rings. The Morgan fingerprint density at radius 3 is 2.42 bits per heavy atom. The Morgan fingerprint density at radius 1 is 1.00 bits per heavy atom. The van der Waals surface area contributed by atoms with E-state index in [1.54, 1.807) is 50.6 Å². The molecule has 5 rings (SSSR count). The topological polar surface area (TPSA) is 107 Å². The van der Waals surface area contributed by atoms with Gasteiger partial charge in [0.25, 0.3) is 0 Å². The second kappa shape index (κ2) is 10.8. The van der Waals surface area contributed by atoms with Gasteiger partial charge in [-0.1, -0.05) is 19.9 Å². The molecule has 1 aromatic carbocycles. The Hall–Kier alpha value is -3.54. The van der Waals surface area contributed by atoms with Crippen LogP contribution in [0.1, 0.15) is 37.2 Å². The highest BCUT2D eigenvalue weighted by Crippen LogP contribution is 2.45. The molecule has 1 saturated heterocycles. The number of halogens is 3. The number of ether oxygens (including phenoxy) is 1. The SMILES string of the molecule is CC(C)(CC(O)(Cc1cc2cc(CN3CCOCC3)ncc2[nH]1)C(F)(F)F)c1cc(-c2cncnc2)ccc1O. The number of aromatic hydroxyl groups is 1. The first-order chi connectivity index (χ1) is 18.9. The minimum Gasteiger partial charge on any atom is -0.508 e. The Balaban J connectivity index is 1.41. The van der Waals surface area contributed by atoms with Gasteiger partial charge in [0.05, 0.1) is 30.6 Å². The van der Waals surface area contributed by atoms with Crippen molar-refractivity contribution >= 4 is 10.9 Å². The lowest BCUT2D eigenvalue weighted by atomic mass is 9.72. The third kappa shape index (κ3) is 5.96. The fourth-order valence-corrected chi connectivity index (χ4v) is 5.42. The Kier molecular flexibility index (Phi) is 7.56. The predicted octanol–water partition coefficient (Wildman–Crippen LogP) is 4.76. The first-order valence-electron chi connectivity index (χ1n) is 13.1. The summed E-state index contributed by atoms with van der Waals surface area (Å²) in [5.74, 6) is -0.153. The molecule has 0 spiro atoms. The number of aliphatic hydroxyl groups is 1. The number of alkyl halides is 3. The number of hydrogen-bond acceptors (Lipinski definition) is 7. The van der Waals surface area contributed by atoms with Crippen molar-refractivity contribution in [2.75, 3.05) is 26.3 Å². The minimum atomic E-state index is -4.93. The summed E-state index contributed by atoms with van der Waals surface area (Å²) in [5.41, 5.74) is -1.08. The maximum Gasteiger partial charge on any atom is 0.417 e. The predicted molar refractivity (Wildman–Crippen MR) is 144 cm³/mol. The number of aromatic nitrogens is 4. The van der Waals surface area contributed by atoms with Crippen LogP contribution in [0.5, 0.6) is 5.75 Å². The fraction of sp³-hybridized carbons (Fsp3) is 0.414. The highest BCUT2D eigenvalue weighted by atomic mass is 19.4. The molecule has 3 N–H and O–H groups in total. The van der Waals surface area contributed by atoms with Crippen LogP contribution in [-0.4, -0.2) is 73.1 Å². The van der Waals surface area contributed by atoms with E-state index in [0.717, 1.165) is 24.2 Å². The normalized spacial score (nSPS) is 16.8. The molecule has 4 aromatic rings. The van der Waals surface area contributed by atoms with Gasteiger partial charge in [-0.2, -0.15) is 13.2 Å². The average Bonchev–Trinajstić information content (AvgIpc) is 3.30. The maximum atomic E-state index is 14.5. The van der Waals surface area contributed by atoms with Crippen molar-refractivity contribution < 1.29 is 28.1 Å². The summed E-state index contributed by atoms with van der Waals surface area (Å²) < 4.78 is 48.8. The zero-order chi connectivity index (χ0) is 28.5. The highest BCUT2D eigenvalue weighted by Gasteiger charge is 2.56. The molecular formula is C29H32F3N5O3. The van der Waals surface area contributed by atoms with E-state index in [2.05, 4.69) is 24.8 Å². The van der Waals surface area contributed by atoms with Gasteiger partial charge in [0.15, 0.2) is 5.60 Å². The van der Waals surface area contributed by atoms with Crippen LogP contribution in [-0.2, 0) is 23.1 Å². The molecule has 212 valence electrons. The molecule has 1 aliphatic heterocycles. The number of H-pyrrole nitrogens is 1. The third-order valence-electron chi connectivity index (χ3n) is 7.47. The summed E-state index contributed by atoms with van der Waals surface area (Å²) in [6, 6.07) is 8.20. The zero-order valence-electron chi connectivity index (χ0n) is 22.4. The monoisotopic (exact) mass is 555 g/mol. The molecule has 0 radical (unpaired) electrons. The van der Waals surface area contributed by atoms with Crippen molar-refractivity contribution in [3.05, 3.63) is 72.2 Å². The van der Waals surface area contributed by atoms with E-state index < -0.39 is 30.0 Å². The summed E-state index contributed by atoms with van der Waals surface area (Å²) in [6.45, 7) is 6.69. The number of hydrogen-bond donors (Lipinski definition) is 3. The van der Waals surface area contributed by atoms with Crippen molar-refractivity contribution in [1.82, 2.24) is 24.8 Å². The number of pyridine rings is 1. The smallest absolute Gasteiger partial charge is 0.417 e. The molecule has 40 heavy (non-hydrogen) atoms. The van der Waals surface area contributed by atoms with E-state index in [9.17, 15) is 23.4 Å². The van der Waals surface area contributed by atoms with Crippen molar-refractivity contribution in [3.8, 4) is 16.9 Å². The first-order valence-corrected chi connectivity index (χ1v) is 13.1. The van der Waals surface area contributed by atoms with E-state index >= 15 is 0 Å². The van der Waals surface area contributed by atoms with Crippen LogP contribution in [0.3, 0.4) is 0 Å². The van der Waals surface area contributed by atoms with E-state index in [0.29, 0.717) is 36.4 Å². The van der Waals surface area contributed by atoms with Crippen LogP contribution in [0, 0.1) is 0 Å². The van der Waals surface area contributed by atoms with Crippen molar-refractivity contribution in [1.29, 1.82) is 0 Å². The standard InChI is InChI=1S/C29H32F3N5O3/c1-27(2,24-11-19(3-4-26(24)38)21-13-33-18-34-14-21)17-28(39,29(30,31)32)12-22-9-20-10-23(35-15-25(20)36-22)16-37-5-7-40-8-6-37/h3-4,9-11,13-15,18,36,38-39H,5-8,12,16-17H2,1-2H3. The van der Waals surface area contributed by atoms with E-state index in [1.807, 2.05) is 6.07 Å².